The maximum atomic E-state index is 11.5. The van der Waals surface area contributed by atoms with Crippen LogP contribution in [-0.4, -0.2) is 30.7 Å². The van der Waals surface area contributed by atoms with Gasteiger partial charge < -0.3 is 0 Å². The molecule has 1 saturated heterocycles. The lowest BCUT2D eigenvalue weighted by Crippen LogP contribution is -2.23. The van der Waals surface area contributed by atoms with E-state index in [9.17, 15) is 13.2 Å². The van der Waals surface area contributed by atoms with Crippen LogP contribution >= 0.6 is 11.3 Å². The number of thiazole rings is 1. The van der Waals surface area contributed by atoms with Crippen molar-refractivity contribution in [3.05, 3.63) is 16.1 Å². The number of rotatable bonds is 2. The molecule has 1 aromatic heterocycles. The van der Waals surface area contributed by atoms with Crippen LogP contribution in [0.4, 0.5) is 0 Å². The van der Waals surface area contributed by atoms with Crippen LogP contribution in [0.25, 0.3) is 0 Å². The van der Waals surface area contributed by atoms with Crippen LogP contribution in [0.1, 0.15) is 41.2 Å². The average molecular weight is 259 g/mol. The van der Waals surface area contributed by atoms with Gasteiger partial charge in [-0.1, -0.05) is 0 Å². The fraction of sp³-hybridized carbons (Fsp3) is 0.600. The second kappa shape index (κ2) is 4.25. The average Bonchev–Trinajstić information content (AvgIpc) is 2.64. The summed E-state index contributed by atoms with van der Waals surface area (Å²) in [6.45, 7) is 1.47. The highest BCUT2D eigenvalue weighted by atomic mass is 32.2. The normalized spacial score (nSPS) is 24.2. The fourth-order valence-corrected chi connectivity index (χ4v) is 4.67. The summed E-state index contributed by atoms with van der Waals surface area (Å²) in [7, 11) is -2.91. The van der Waals surface area contributed by atoms with Crippen molar-refractivity contribution in [2.24, 2.45) is 0 Å². The zero-order valence-electron chi connectivity index (χ0n) is 8.97. The van der Waals surface area contributed by atoms with Crippen molar-refractivity contribution in [3.63, 3.8) is 0 Å². The minimum absolute atomic E-state index is 0.0168. The molecule has 0 aliphatic carbocycles. The Balaban J connectivity index is 2.20. The smallest absolute Gasteiger partial charge is 0.178 e. The minimum atomic E-state index is -2.91. The number of nitrogens with zero attached hydrogens (tertiary/aromatic N) is 1. The molecule has 1 aromatic rings. The largest absolute Gasteiger partial charge is 0.293 e. The Labute approximate surface area is 98.6 Å². The van der Waals surface area contributed by atoms with Crippen molar-refractivity contribution >= 4 is 27.0 Å². The van der Waals surface area contributed by atoms with E-state index in [1.54, 1.807) is 5.38 Å². The molecule has 1 atom stereocenters. The topological polar surface area (TPSA) is 64.1 Å². The van der Waals surface area contributed by atoms with Gasteiger partial charge in [0.25, 0.3) is 0 Å². The van der Waals surface area contributed by atoms with Crippen LogP contribution in [0.3, 0.4) is 0 Å². The molecule has 0 amide bonds. The van der Waals surface area contributed by atoms with Crippen LogP contribution < -0.4 is 0 Å². The molecule has 88 valence electrons. The minimum Gasteiger partial charge on any atom is -0.293 e. The van der Waals surface area contributed by atoms with E-state index in [-0.39, 0.29) is 23.2 Å². The quantitative estimate of drug-likeness (QED) is 0.757. The van der Waals surface area contributed by atoms with E-state index in [2.05, 4.69) is 4.98 Å². The molecule has 4 nitrogen and oxygen atoms in total. The molecule has 1 aliphatic heterocycles. The van der Waals surface area contributed by atoms with E-state index >= 15 is 0 Å². The maximum Gasteiger partial charge on any atom is 0.178 e. The number of carbonyl (C=O) groups is 1. The number of ketones is 1. The zero-order valence-corrected chi connectivity index (χ0v) is 10.6. The predicted molar refractivity (Wildman–Crippen MR) is 62.7 cm³/mol. The molecule has 0 aromatic carbocycles. The Morgan fingerprint density at radius 2 is 2.31 bits per heavy atom. The lowest BCUT2D eigenvalue weighted by atomic mass is 10.1. The van der Waals surface area contributed by atoms with Crippen LogP contribution in [0, 0.1) is 0 Å². The van der Waals surface area contributed by atoms with Gasteiger partial charge in [0, 0.05) is 18.2 Å². The first kappa shape index (κ1) is 11.7. The first-order valence-electron chi connectivity index (χ1n) is 5.15. The first-order valence-corrected chi connectivity index (χ1v) is 7.85. The molecule has 0 spiro atoms. The Kier molecular flexibility index (Phi) is 3.12. The van der Waals surface area contributed by atoms with Crippen molar-refractivity contribution in [2.45, 2.75) is 25.7 Å². The number of carbonyl (C=O) groups excluding carboxylic acids is 1. The third kappa shape index (κ3) is 2.49. The molecule has 2 rings (SSSR count). The monoisotopic (exact) mass is 259 g/mol. The summed E-state index contributed by atoms with van der Waals surface area (Å²) in [5.74, 6) is 0.379. The molecule has 0 saturated carbocycles. The Morgan fingerprint density at radius 3 is 2.88 bits per heavy atom. The molecular formula is C10H13NO3S2. The van der Waals surface area contributed by atoms with Crippen molar-refractivity contribution in [1.82, 2.24) is 4.98 Å². The van der Waals surface area contributed by atoms with E-state index in [1.807, 2.05) is 0 Å². The molecule has 1 fully saturated rings. The molecular weight excluding hydrogens is 246 g/mol. The lowest BCUT2D eigenvalue weighted by Gasteiger charge is -2.19. The molecule has 0 bridgehead atoms. The highest BCUT2D eigenvalue weighted by Gasteiger charge is 2.28. The van der Waals surface area contributed by atoms with Crippen molar-refractivity contribution < 1.29 is 13.2 Å². The van der Waals surface area contributed by atoms with Crippen molar-refractivity contribution in [2.75, 3.05) is 11.5 Å². The summed E-state index contributed by atoms with van der Waals surface area (Å²) in [5, 5.41) is 2.49. The highest BCUT2D eigenvalue weighted by molar-refractivity contribution is 7.91. The molecule has 1 aliphatic rings. The van der Waals surface area contributed by atoms with Gasteiger partial charge in [-0.2, -0.15) is 0 Å². The second-order valence-electron chi connectivity index (χ2n) is 4.08. The van der Waals surface area contributed by atoms with E-state index in [1.165, 1.54) is 18.3 Å². The fourth-order valence-electron chi connectivity index (χ4n) is 1.85. The highest BCUT2D eigenvalue weighted by Crippen LogP contribution is 2.30. The van der Waals surface area contributed by atoms with Crippen LogP contribution in [0.5, 0.6) is 0 Å². The SMILES string of the molecule is CC(=O)c1csc(C2CCCS(=O)(=O)C2)n1. The van der Waals surface area contributed by atoms with E-state index in [0.29, 0.717) is 12.1 Å². The van der Waals surface area contributed by atoms with E-state index in [0.717, 1.165) is 11.4 Å². The zero-order chi connectivity index (χ0) is 11.8. The van der Waals surface area contributed by atoms with Crippen molar-refractivity contribution in [1.29, 1.82) is 0 Å². The van der Waals surface area contributed by atoms with Gasteiger partial charge in [0.2, 0.25) is 0 Å². The number of hydrogen-bond acceptors (Lipinski definition) is 5. The summed E-state index contributed by atoms with van der Waals surface area (Å²) < 4.78 is 23.0. The number of Topliss-reactive ketones (excluding diaryl/α,β-unsaturated/α-hetero) is 1. The summed E-state index contributed by atoms with van der Waals surface area (Å²) in [6.07, 6.45) is 1.55. The second-order valence-corrected chi connectivity index (χ2v) is 7.20. The molecule has 0 N–H and O–H groups in total. The van der Waals surface area contributed by atoms with Crippen molar-refractivity contribution in [3.8, 4) is 0 Å². The van der Waals surface area contributed by atoms with Crippen LogP contribution in [-0.2, 0) is 9.84 Å². The Bertz CT molecular complexity index is 504. The summed E-state index contributed by atoms with van der Waals surface area (Å²) in [5.41, 5.74) is 0.447. The Morgan fingerprint density at radius 1 is 1.56 bits per heavy atom. The Hall–Kier alpha value is -0.750. The van der Waals surface area contributed by atoms with Gasteiger partial charge in [-0.15, -0.1) is 11.3 Å². The molecule has 1 unspecified atom stereocenters. The predicted octanol–water partition coefficient (Wildman–Crippen LogP) is 1.64. The number of aromatic nitrogens is 1. The lowest BCUT2D eigenvalue weighted by molar-refractivity contribution is 0.101. The van der Waals surface area contributed by atoms with E-state index < -0.39 is 9.84 Å². The van der Waals surface area contributed by atoms with Gasteiger partial charge in [0.1, 0.15) is 5.69 Å². The van der Waals surface area contributed by atoms with Gasteiger partial charge >= 0.3 is 0 Å². The third-order valence-corrected chi connectivity index (χ3v) is 5.52. The summed E-state index contributed by atoms with van der Waals surface area (Å²) in [6, 6.07) is 0. The summed E-state index contributed by atoms with van der Waals surface area (Å²) in [4.78, 5) is 15.3. The molecule has 0 radical (unpaired) electrons. The van der Waals surface area contributed by atoms with Gasteiger partial charge in [0.05, 0.1) is 16.5 Å². The third-order valence-electron chi connectivity index (χ3n) is 2.69. The first-order chi connectivity index (χ1) is 7.48. The van der Waals surface area contributed by atoms with Gasteiger partial charge in [-0.3, -0.25) is 4.79 Å². The molecule has 2 heterocycles. The number of hydrogen-bond donors (Lipinski definition) is 0. The van der Waals surface area contributed by atoms with Crippen LogP contribution in [0.15, 0.2) is 5.38 Å². The molecule has 16 heavy (non-hydrogen) atoms. The maximum absolute atomic E-state index is 11.5. The van der Waals surface area contributed by atoms with Gasteiger partial charge in [-0.25, -0.2) is 13.4 Å². The van der Waals surface area contributed by atoms with Gasteiger partial charge in [0.15, 0.2) is 15.6 Å². The van der Waals surface area contributed by atoms with E-state index in [4.69, 9.17) is 0 Å². The standard InChI is InChI=1S/C10H13NO3S2/c1-7(12)9-5-15-10(11-9)8-3-2-4-16(13,14)6-8/h5,8H,2-4,6H2,1H3. The molecule has 6 heteroatoms. The number of sulfone groups is 1. The van der Waals surface area contributed by atoms with Gasteiger partial charge in [-0.05, 0) is 12.8 Å². The summed E-state index contributed by atoms with van der Waals surface area (Å²) >= 11 is 1.39. The van der Waals surface area contributed by atoms with Crippen LogP contribution in [0.2, 0.25) is 0 Å².